The predicted molar refractivity (Wildman–Crippen MR) is 102 cm³/mol. The van der Waals surface area contributed by atoms with Crippen molar-refractivity contribution in [1.82, 2.24) is 19.4 Å². The van der Waals surface area contributed by atoms with Crippen molar-refractivity contribution in [2.75, 3.05) is 0 Å². The van der Waals surface area contributed by atoms with Crippen LogP contribution in [0.15, 0.2) is 48.9 Å². The lowest BCUT2D eigenvalue weighted by Crippen LogP contribution is -2.18. The summed E-state index contributed by atoms with van der Waals surface area (Å²) >= 11 is 5.84. The van der Waals surface area contributed by atoms with E-state index in [0.29, 0.717) is 22.8 Å². The lowest BCUT2D eigenvalue weighted by molar-refractivity contribution is 0.0746. The summed E-state index contributed by atoms with van der Waals surface area (Å²) in [6.07, 6.45) is 4.68. The van der Waals surface area contributed by atoms with Crippen LogP contribution in [0, 0.1) is 11.6 Å². The van der Waals surface area contributed by atoms with Gasteiger partial charge in [-0.05, 0) is 44.2 Å². The SMILES string of the molecule is CC(C)(O)c1ccn2c(-c3ccnc(-c4ccc(F)c(Cl)c4)n3)cnc2c1F. The Kier molecular flexibility index (Phi) is 4.36. The van der Waals surface area contributed by atoms with E-state index in [2.05, 4.69) is 15.0 Å². The molecule has 4 rings (SSSR count). The Morgan fingerprint density at radius 2 is 1.89 bits per heavy atom. The van der Waals surface area contributed by atoms with Crippen LogP contribution < -0.4 is 0 Å². The first-order valence-corrected chi connectivity index (χ1v) is 8.81. The molecule has 0 bridgehead atoms. The molecule has 8 heteroatoms. The number of hydrogen-bond donors (Lipinski definition) is 1. The highest BCUT2D eigenvalue weighted by Crippen LogP contribution is 2.29. The third-order valence-electron chi connectivity index (χ3n) is 4.37. The number of aromatic nitrogens is 4. The number of imidazole rings is 1. The second kappa shape index (κ2) is 6.61. The molecule has 0 spiro atoms. The minimum atomic E-state index is -1.33. The van der Waals surface area contributed by atoms with E-state index < -0.39 is 17.2 Å². The highest BCUT2D eigenvalue weighted by molar-refractivity contribution is 6.31. The maximum absolute atomic E-state index is 14.8. The zero-order valence-corrected chi connectivity index (χ0v) is 15.7. The molecule has 5 nitrogen and oxygen atoms in total. The Morgan fingerprint density at radius 1 is 1.11 bits per heavy atom. The van der Waals surface area contributed by atoms with Crippen LogP contribution in [0.4, 0.5) is 8.78 Å². The molecule has 3 aromatic heterocycles. The van der Waals surface area contributed by atoms with Crippen LogP contribution in [0.25, 0.3) is 28.4 Å². The molecular formula is C20H15ClF2N4O. The molecule has 3 heterocycles. The predicted octanol–water partition coefficient (Wildman–Crippen LogP) is 4.62. The summed E-state index contributed by atoms with van der Waals surface area (Å²) < 4.78 is 29.8. The summed E-state index contributed by atoms with van der Waals surface area (Å²) in [6, 6.07) is 7.40. The topological polar surface area (TPSA) is 63.3 Å². The van der Waals surface area contributed by atoms with Crippen LogP contribution in [0.5, 0.6) is 0 Å². The van der Waals surface area contributed by atoms with E-state index in [0.717, 1.165) is 0 Å². The Bertz CT molecular complexity index is 1200. The fraction of sp³-hybridized carbons (Fsp3) is 0.150. The van der Waals surface area contributed by atoms with Gasteiger partial charge in [0.2, 0.25) is 0 Å². The van der Waals surface area contributed by atoms with Crippen LogP contribution >= 0.6 is 11.6 Å². The van der Waals surface area contributed by atoms with E-state index in [1.165, 1.54) is 44.3 Å². The van der Waals surface area contributed by atoms with Gasteiger partial charge in [0.25, 0.3) is 0 Å². The van der Waals surface area contributed by atoms with Gasteiger partial charge in [-0.25, -0.2) is 23.7 Å². The molecule has 0 aliphatic heterocycles. The quantitative estimate of drug-likeness (QED) is 0.545. The molecule has 0 radical (unpaired) electrons. The van der Waals surface area contributed by atoms with Crippen molar-refractivity contribution in [2.45, 2.75) is 19.4 Å². The summed E-state index contributed by atoms with van der Waals surface area (Å²) in [7, 11) is 0. The molecule has 0 fully saturated rings. The van der Waals surface area contributed by atoms with Gasteiger partial charge in [-0.2, -0.15) is 0 Å². The second-order valence-electron chi connectivity index (χ2n) is 6.83. The molecule has 0 aliphatic carbocycles. The van der Waals surface area contributed by atoms with Gasteiger partial charge in [0.1, 0.15) is 5.82 Å². The summed E-state index contributed by atoms with van der Waals surface area (Å²) in [5, 5.41) is 10.1. The lowest BCUT2D eigenvalue weighted by atomic mass is 9.99. The smallest absolute Gasteiger partial charge is 0.174 e. The monoisotopic (exact) mass is 400 g/mol. The van der Waals surface area contributed by atoms with Gasteiger partial charge < -0.3 is 5.11 Å². The average molecular weight is 401 g/mol. The van der Waals surface area contributed by atoms with Crippen molar-refractivity contribution in [3.05, 3.63) is 71.1 Å². The molecule has 0 amide bonds. The molecule has 0 saturated heterocycles. The van der Waals surface area contributed by atoms with Crippen LogP contribution in [-0.2, 0) is 5.60 Å². The largest absolute Gasteiger partial charge is 0.386 e. The molecule has 28 heavy (non-hydrogen) atoms. The molecule has 1 aromatic carbocycles. The second-order valence-corrected chi connectivity index (χ2v) is 7.24. The molecule has 1 N–H and O–H groups in total. The number of benzene rings is 1. The molecule has 0 saturated carbocycles. The van der Waals surface area contributed by atoms with E-state index in [1.807, 2.05) is 0 Å². The van der Waals surface area contributed by atoms with Crippen LogP contribution in [0.1, 0.15) is 19.4 Å². The Balaban J connectivity index is 1.83. The molecule has 0 atom stereocenters. The van der Waals surface area contributed by atoms with Crippen molar-refractivity contribution in [3.63, 3.8) is 0 Å². The van der Waals surface area contributed by atoms with Gasteiger partial charge in [0.05, 0.1) is 28.2 Å². The van der Waals surface area contributed by atoms with Crippen LogP contribution in [-0.4, -0.2) is 24.5 Å². The van der Waals surface area contributed by atoms with Crippen molar-refractivity contribution in [2.24, 2.45) is 0 Å². The molecule has 4 aromatic rings. The van der Waals surface area contributed by atoms with Gasteiger partial charge in [0, 0.05) is 23.5 Å². The van der Waals surface area contributed by atoms with Crippen molar-refractivity contribution >= 4 is 17.2 Å². The zero-order valence-electron chi connectivity index (χ0n) is 15.0. The van der Waals surface area contributed by atoms with E-state index >= 15 is 0 Å². The molecule has 0 aliphatic rings. The summed E-state index contributed by atoms with van der Waals surface area (Å²) in [5.41, 5.74) is 0.516. The number of hydrogen-bond acceptors (Lipinski definition) is 4. The number of fused-ring (bicyclic) bond motifs is 1. The van der Waals surface area contributed by atoms with Crippen molar-refractivity contribution < 1.29 is 13.9 Å². The third-order valence-corrected chi connectivity index (χ3v) is 4.66. The molecule has 142 valence electrons. The highest BCUT2D eigenvalue weighted by Gasteiger charge is 2.24. The molecule has 0 unspecified atom stereocenters. The fourth-order valence-electron chi connectivity index (χ4n) is 2.95. The van der Waals surface area contributed by atoms with Gasteiger partial charge in [-0.3, -0.25) is 4.40 Å². The number of aliphatic hydroxyl groups is 1. The first-order chi connectivity index (χ1) is 13.3. The Labute approximate surface area is 164 Å². The van der Waals surface area contributed by atoms with Crippen LogP contribution in [0.3, 0.4) is 0 Å². The standard InChI is InChI=1S/C20H15ClF2N4O/c1-20(2,28)12-6-8-27-16(10-25-19(27)17(12)23)15-5-7-24-18(26-15)11-3-4-14(22)13(21)9-11/h3-10,28H,1-2H3. The minimum absolute atomic E-state index is 0.0254. The number of halogens is 3. The van der Waals surface area contributed by atoms with Crippen LogP contribution in [0.2, 0.25) is 5.02 Å². The summed E-state index contributed by atoms with van der Waals surface area (Å²) in [6.45, 7) is 3.02. The molecular weight excluding hydrogens is 386 g/mol. The van der Waals surface area contributed by atoms with Crippen molar-refractivity contribution in [3.8, 4) is 22.8 Å². The average Bonchev–Trinajstić information content (AvgIpc) is 3.08. The highest BCUT2D eigenvalue weighted by atomic mass is 35.5. The zero-order chi connectivity index (χ0) is 20.1. The maximum atomic E-state index is 14.8. The minimum Gasteiger partial charge on any atom is -0.386 e. The third kappa shape index (κ3) is 3.12. The maximum Gasteiger partial charge on any atom is 0.174 e. The van der Waals surface area contributed by atoms with Gasteiger partial charge in [-0.15, -0.1) is 0 Å². The summed E-state index contributed by atoms with van der Waals surface area (Å²) in [5.74, 6) is -0.773. The first kappa shape index (κ1) is 18.5. The van der Waals surface area contributed by atoms with E-state index in [4.69, 9.17) is 11.6 Å². The van der Waals surface area contributed by atoms with E-state index in [-0.39, 0.29) is 16.2 Å². The van der Waals surface area contributed by atoms with Gasteiger partial charge in [-0.1, -0.05) is 11.6 Å². The first-order valence-electron chi connectivity index (χ1n) is 8.43. The number of rotatable bonds is 3. The normalized spacial score (nSPS) is 11.9. The van der Waals surface area contributed by atoms with E-state index in [1.54, 1.807) is 22.9 Å². The summed E-state index contributed by atoms with van der Waals surface area (Å²) in [4.78, 5) is 12.8. The Morgan fingerprint density at radius 3 is 2.61 bits per heavy atom. The van der Waals surface area contributed by atoms with Gasteiger partial charge >= 0.3 is 0 Å². The number of nitrogens with zero attached hydrogens (tertiary/aromatic N) is 4. The van der Waals surface area contributed by atoms with Crippen molar-refractivity contribution in [1.29, 1.82) is 0 Å². The Hall–Kier alpha value is -2.90. The fourth-order valence-corrected chi connectivity index (χ4v) is 3.14. The number of pyridine rings is 1. The van der Waals surface area contributed by atoms with Gasteiger partial charge in [0.15, 0.2) is 17.3 Å². The van der Waals surface area contributed by atoms with E-state index in [9.17, 15) is 13.9 Å². The lowest BCUT2D eigenvalue weighted by Gasteiger charge is -2.18.